The van der Waals surface area contributed by atoms with Crippen molar-refractivity contribution in [2.24, 2.45) is 5.10 Å². The Morgan fingerprint density at radius 2 is 2.05 bits per heavy atom. The molecule has 0 aliphatic heterocycles. The molecule has 1 aromatic carbocycles. The van der Waals surface area contributed by atoms with E-state index < -0.39 is 11.8 Å². The van der Waals surface area contributed by atoms with Gasteiger partial charge < -0.3 is 5.32 Å². The monoisotopic (exact) mass is 321 g/mol. The molecule has 2 amide bonds. The van der Waals surface area contributed by atoms with E-state index in [1.54, 1.807) is 25.1 Å². The molecule has 0 spiro atoms. The van der Waals surface area contributed by atoms with Gasteiger partial charge in [-0.3, -0.25) is 9.59 Å². The van der Waals surface area contributed by atoms with Crippen LogP contribution in [0.15, 0.2) is 40.8 Å². The molecule has 5 nitrogen and oxygen atoms in total. The quantitative estimate of drug-likeness (QED) is 0.518. The summed E-state index contributed by atoms with van der Waals surface area (Å²) in [4.78, 5) is 24.2. The van der Waals surface area contributed by atoms with Crippen molar-refractivity contribution in [2.75, 3.05) is 5.32 Å². The van der Waals surface area contributed by atoms with Gasteiger partial charge in [0.15, 0.2) is 0 Å². The van der Waals surface area contributed by atoms with E-state index in [0.717, 1.165) is 4.88 Å². The first-order valence-electron chi connectivity index (χ1n) is 6.01. The van der Waals surface area contributed by atoms with Crippen LogP contribution >= 0.6 is 22.9 Å². The third kappa shape index (κ3) is 4.14. The van der Waals surface area contributed by atoms with Crippen molar-refractivity contribution in [2.45, 2.75) is 6.92 Å². The van der Waals surface area contributed by atoms with Crippen LogP contribution in [0.5, 0.6) is 0 Å². The topological polar surface area (TPSA) is 70.6 Å². The molecule has 0 aliphatic carbocycles. The zero-order chi connectivity index (χ0) is 15.2. The number of benzene rings is 1. The molecular formula is C14H12ClN3O2S. The highest BCUT2D eigenvalue weighted by molar-refractivity contribution is 7.11. The summed E-state index contributed by atoms with van der Waals surface area (Å²) in [5, 5.41) is 8.61. The molecule has 108 valence electrons. The fourth-order valence-corrected chi connectivity index (χ4v) is 2.25. The van der Waals surface area contributed by atoms with Gasteiger partial charge in [0, 0.05) is 15.6 Å². The van der Waals surface area contributed by atoms with Gasteiger partial charge in [0.05, 0.1) is 6.21 Å². The van der Waals surface area contributed by atoms with E-state index in [1.165, 1.54) is 17.6 Å². The second-order valence-electron chi connectivity index (χ2n) is 4.08. The van der Waals surface area contributed by atoms with Gasteiger partial charge >= 0.3 is 11.8 Å². The standard InChI is InChI=1S/C14H12ClN3O2S/c1-9-11(15)5-2-6-12(9)17-13(19)14(20)18-16-8-10-4-3-7-21-10/h2-8H,1H3,(H,17,19)(H,18,20)/b16-8-. The van der Waals surface area contributed by atoms with Crippen LogP contribution < -0.4 is 10.7 Å². The van der Waals surface area contributed by atoms with E-state index in [-0.39, 0.29) is 0 Å². The van der Waals surface area contributed by atoms with Crippen LogP contribution in [0.1, 0.15) is 10.4 Å². The van der Waals surface area contributed by atoms with Crippen molar-refractivity contribution in [1.82, 2.24) is 5.43 Å². The first-order chi connectivity index (χ1) is 10.1. The van der Waals surface area contributed by atoms with E-state index in [1.807, 2.05) is 17.5 Å². The van der Waals surface area contributed by atoms with Crippen LogP contribution in [-0.4, -0.2) is 18.0 Å². The van der Waals surface area contributed by atoms with Gasteiger partial charge in [-0.15, -0.1) is 11.3 Å². The van der Waals surface area contributed by atoms with Gasteiger partial charge in [0.1, 0.15) is 0 Å². The summed E-state index contributed by atoms with van der Waals surface area (Å²) in [6.45, 7) is 1.75. The molecule has 0 fully saturated rings. The molecule has 0 unspecified atom stereocenters. The zero-order valence-electron chi connectivity index (χ0n) is 11.1. The van der Waals surface area contributed by atoms with Crippen LogP contribution in [-0.2, 0) is 9.59 Å². The lowest BCUT2D eigenvalue weighted by Crippen LogP contribution is -2.32. The number of nitrogens with one attached hydrogen (secondary N) is 2. The Labute approximate surface area is 130 Å². The smallest absolute Gasteiger partial charge is 0.317 e. The largest absolute Gasteiger partial charge is 0.329 e. The normalized spacial score (nSPS) is 10.6. The van der Waals surface area contributed by atoms with E-state index in [4.69, 9.17) is 11.6 Å². The molecule has 1 heterocycles. The van der Waals surface area contributed by atoms with Crippen molar-refractivity contribution >= 4 is 46.7 Å². The molecule has 2 rings (SSSR count). The summed E-state index contributed by atoms with van der Waals surface area (Å²) < 4.78 is 0. The molecule has 7 heteroatoms. The van der Waals surface area contributed by atoms with E-state index in [0.29, 0.717) is 16.3 Å². The van der Waals surface area contributed by atoms with E-state index in [9.17, 15) is 9.59 Å². The van der Waals surface area contributed by atoms with E-state index >= 15 is 0 Å². The fraction of sp³-hybridized carbons (Fsp3) is 0.0714. The highest BCUT2D eigenvalue weighted by Gasteiger charge is 2.14. The van der Waals surface area contributed by atoms with Gasteiger partial charge in [0.25, 0.3) is 0 Å². The van der Waals surface area contributed by atoms with Crippen LogP contribution in [0, 0.1) is 6.92 Å². The Morgan fingerprint density at radius 1 is 1.24 bits per heavy atom. The van der Waals surface area contributed by atoms with Crippen molar-refractivity contribution in [3.63, 3.8) is 0 Å². The van der Waals surface area contributed by atoms with Gasteiger partial charge in [-0.1, -0.05) is 23.7 Å². The molecule has 0 bridgehead atoms. The van der Waals surface area contributed by atoms with Gasteiger partial charge in [-0.05, 0) is 36.1 Å². The van der Waals surface area contributed by atoms with Gasteiger partial charge in [-0.2, -0.15) is 5.10 Å². The van der Waals surface area contributed by atoms with Gasteiger partial charge in [-0.25, -0.2) is 5.43 Å². The highest BCUT2D eigenvalue weighted by atomic mass is 35.5. The maximum Gasteiger partial charge on any atom is 0.329 e. The summed E-state index contributed by atoms with van der Waals surface area (Å²) >= 11 is 7.42. The number of hydrogen-bond donors (Lipinski definition) is 2. The zero-order valence-corrected chi connectivity index (χ0v) is 12.7. The van der Waals surface area contributed by atoms with Crippen molar-refractivity contribution in [3.8, 4) is 0 Å². The number of halogens is 1. The molecule has 0 aliphatic rings. The predicted octanol–water partition coefficient (Wildman–Crippen LogP) is 2.80. The second-order valence-corrected chi connectivity index (χ2v) is 5.47. The number of carbonyl (C=O) groups excluding carboxylic acids is 2. The highest BCUT2D eigenvalue weighted by Crippen LogP contribution is 2.22. The van der Waals surface area contributed by atoms with Crippen LogP contribution in [0.25, 0.3) is 0 Å². The average molecular weight is 322 g/mol. The molecule has 1 aromatic heterocycles. The second kappa shape index (κ2) is 7.01. The molecule has 2 N–H and O–H groups in total. The van der Waals surface area contributed by atoms with Crippen LogP contribution in [0.2, 0.25) is 5.02 Å². The molecule has 0 atom stereocenters. The maximum atomic E-state index is 11.7. The maximum absolute atomic E-state index is 11.7. The summed E-state index contributed by atoms with van der Waals surface area (Å²) in [5.41, 5.74) is 3.35. The first kappa shape index (κ1) is 15.2. The third-order valence-electron chi connectivity index (χ3n) is 2.62. The number of hydrogen-bond acceptors (Lipinski definition) is 4. The van der Waals surface area contributed by atoms with Crippen LogP contribution in [0.3, 0.4) is 0 Å². The summed E-state index contributed by atoms with van der Waals surface area (Å²) in [5.74, 6) is -1.65. The van der Waals surface area contributed by atoms with Crippen LogP contribution in [0.4, 0.5) is 5.69 Å². The molecule has 21 heavy (non-hydrogen) atoms. The Bertz CT molecular complexity index is 684. The Kier molecular flexibility index (Phi) is 5.08. The third-order valence-corrected chi connectivity index (χ3v) is 3.84. The lowest BCUT2D eigenvalue weighted by Gasteiger charge is -2.08. The molecule has 0 saturated carbocycles. The number of carbonyl (C=O) groups is 2. The predicted molar refractivity (Wildman–Crippen MR) is 84.9 cm³/mol. The SMILES string of the molecule is Cc1c(Cl)cccc1NC(=O)C(=O)N/N=C\c1cccs1. The number of rotatable bonds is 3. The number of thiophene rings is 1. The van der Waals surface area contributed by atoms with Gasteiger partial charge in [0.2, 0.25) is 0 Å². The molecule has 0 radical (unpaired) electrons. The summed E-state index contributed by atoms with van der Waals surface area (Å²) in [6.07, 6.45) is 1.47. The Hall–Kier alpha value is -2.18. The molecule has 2 aromatic rings. The molecule has 0 saturated heterocycles. The average Bonchev–Trinajstić information content (AvgIpc) is 2.97. The first-order valence-corrected chi connectivity index (χ1v) is 7.26. The minimum Gasteiger partial charge on any atom is -0.317 e. The lowest BCUT2D eigenvalue weighted by atomic mass is 10.2. The number of nitrogens with zero attached hydrogens (tertiary/aromatic N) is 1. The Morgan fingerprint density at radius 3 is 2.76 bits per heavy atom. The van der Waals surface area contributed by atoms with E-state index in [2.05, 4.69) is 15.8 Å². The molecular weight excluding hydrogens is 310 g/mol. The lowest BCUT2D eigenvalue weighted by molar-refractivity contribution is -0.136. The fourth-order valence-electron chi connectivity index (χ4n) is 1.49. The van der Waals surface area contributed by atoms with Crippen molar-refractivity contribution in [3.05, 3.63) is 51.2 Å². The minimum atomic E-state index is -0.845. The number of amides is 2. The number of anilines is 1. The van der Waals surface area contributed by atoms with Crippen molar-refractivity contribution in [1.29, 1.82) is 0 Å². The summed E-state index contributed by atoms with van der Waals surface area (Å²) in [7, 11) is 0. The Balaban J connectivity index is 1.94. The number of hydrazone groups is 1. The van der Waals surface area contributed by atoms with Crippen molar-refractivity contribution < 1.29 is 9.59 Å². The summed E-state index contributed by atoms with van der Waals surface area (Å²) in [6, 6.07) is 8.77. The minimum absolute atomic E-state index is 0.491.